The molecule has 1 aromatic carbocycles. The summed E-state index contributed by atoms with van der Waals surface area (Å²) in [5.74, 6) is -1.14. The summed E-state index contributed by atoms with van der Waals surface area (Å²) in [6.45, 7) is 2.96. The highest BCUT2D eigenvalue weighted by Crippen LogP contribution is 2.28. The molecule has 0 radical (unpaired) electrons. The van der Waals surface area contributed by atoms with E-state index in [0.717, 1.165) is 5.56 Å². The summed E-state index contributed by atoms with van der Waals surface area (Å²) < 4.78 is 5.52. The van der Waals surface area contributed by atoms with Crippen molar-refractivity contribution in [1.29, 1.82) is 0 Å². The van der Waals surface area contributed by atoms with E-state index in [1.807, 2.05) is 30.3 Å². The normalized spacial score (nSPS) is 23.8. The topological polar surface area (TPSA) is 68.1 Å². The van der Waals surface area contributed by atoms with Gasteiger partial charge in [0, 0.05) is 18.9 Å². The van der Waals surface area contributed by atoms with Crippen LogP contribution in [0.2, 0.25) is 0 Å². The Labute approximate surface area is 105 Å². The third-order valence-corrected chi connectivity index (χ3v) is 2.72. The quantitative estimate of drug-likeness (QED) is 0.877. The molecule has 0 fully saturated rings. The SMILES string of the molecule is CC(=O)CC(O)C1(C)ON=C(c2ccccc2)O1. The van der Waals surface area contributed by atoms with Crippen molar-refractivity contribution in [1.82, 2.24) is 0 Å². The van der Waals surface area contributed by atoms with E-state index in [-0.39, 0.29) is 12.2 Å². The number of ether oxygens (including phenoxy) is 1. The molecule has 1 aliphatic heterocycles. The first kappa shape index (κ1) is 12.6. The molecule has 5 nitrogen and oxygen atoms in total. The first-order valence-electron chi connectivity index (χ1n) is 5.69. The zero-order valence-electron chi connectivity index (χ0n) is 10.3. The van der Waals surface area contributed by atoms with Crippen LogP contribution < -0.4 is 0 Å². The number of oxime groups is 1. The summed E-state index contributed by atoms with van der Waals surface area (Å²) in [6.07, 6.45) is -1.09. The third-order valence-electron chi connectivity index (χ3n) is 2.72. The van der Waals surface area contributed by atoms with Crippen molar-refractivity contribution < 1.29 is 19.5 Å². The number of nitrogens with zero attached hydrogens (tertiary/aromatic N) is 1. The molecule has 2 unspecified atom stereocenters. The Kier molecular flexibility index (Phi) is 3.34. The van der Waals surface area contributed by atoms with Gasteiger partial charge < -0.3 is 14.7 Å². The predicted molar refractivity (Wildman–Crippen MR) is 64.9 cm³/mol. The minimum Gasteiger partial charge on any atom is -0.428 e. The summed E-state index contributed by atoms with van der Waals surface area (Å²) >= 11 is 0. The highest BCUT2D eigenvalue weighted by molar-refractivity contribution is 5.94. The molecule has 2 atom stereocenters. The molecular weight excluding hydrogens is 234 g/mol. The second kappa shape index (κ2) is 4.78. The molecule has 1 N–H and O–H groups in total. The van der Waals surface area contributed by atoms with E-state index in [0.29, 0.717) is 5.90 Å². The lowest BCUT2D eigenvalue weighted by Gasteiger charge is -2.26. The zero-order valence-corrected chi connectivity index (χ0v) is 10.3. The summed E-state index contributed by atoms with van der Waals surface area (Å²) in [5, 5.41) is 13.7. The molecule has 0 spiro atoms. The lowest BCUT2D eigenvalue weighted by Crippen LogP contribution is -2.42. The van der Waals surface area contributed by atoms with Crippen molar-refractivity contribution >= 4 is 11.7 Å². The molecule has 2 rings (SSSR count). The molecule has 0 saturated carbocycles. The molecule has 0 aromatic heterocycles. The number of aliphatic hydroxyl groups excluding tert-OH is 1. The van der Waals surface area contributed by atoms with Crippen LogP contribution in [0, 0.1) is 0 Å². The first-order chi connectivity index (χ1) is 8.51. The Morgan fingerprint density at radius 2 is 2.11 bits per heavy atom. The summed E-state index contributed by atoms with van der Waals surface area (Å²) in [6, 6.07) is 9.23. The first-order valence-corrected chi connectivity index (χ1v) is 5.69. The minimum atomic E-state index is -1.31. The highest BCUT2D eigenvalue weighted by Gasteiger charge is 2.44. The number of hydrogen-bond donors (Lipinski definition) is 1. The highest BCUT2D eigenvalue weighted by atomic mass is 16.8. The van der Waals surface area contributed by atoms with E-state index in [1.165, 1.54) is 6.92 Å². The van der Waals surface area contributed by atoms with Crippen LogP contribution in [-0.4, -0.2) is 28.7 Å². The Morgan fingerprint density at radius 3 is 2.72 bits per heavy atom. The van der Waals surface area contributed by atoms with Crippen molar-refractivity contribution in [3.05, 3.63) is 35.9 Å². The average Bonchev–Trinajstić information content (AvgIpc) is 2.74. The van der Waals surface area contributed by atoms with E-state index in [1.54, 1.807) is 6.92 Å². The maximum absolute atomic E-state index is 11.0. The number of aliphatic hydroxyl groups is 1. The van der Waals surface area contributed by atoms with Crippen LogP contribution in [0.5, 0.6) is 0 Å². The maximum atomic E-state index is 11.0. The largest absolute Gasteiger partial charge is 0.428 e. The number of Topliss-reactive ketones (excluding diaryl/α,β-unsaturated/α-hetero) is 1. The van der Waals surface area contributed by atoms with Gasteiger partial charge in [0.25, 0.3) is 11.7 Å². The standard InChI is InChI=1S/C13H15NO4/c1-9(15)8-11(16)13(2)17-12(14-18-13)10-6-4-3-5-7-10/h3-7,11,16H,8H2,1-2H3. The summed E-state index contributed by atoms with van der Waals surface area (Å²) in [5.41, 5.74) is 0.760. The zero-order chi connectivity index (χ0) is 13.2. The van der Waals surface area contributed by atoms with Crippen molar-refractivity contribution in [2.75, 3.05) is 0 Å². The lowest BCUT2D eigenvalue weighted by atomic mass is 10.1. The predicted octanol–water partition coefficient (Wildman–Crippen LogP) is 1.45. The van der Waals surface area contributed by atoms with Crippen LogP contribution in [0.3, 0.4) is 0 Å². The molecule has 18 heavy (non-hydrogen) atoms. The van der Waals surface area contributed by atoms with Crippen LogP contribution in [0.4, 0.5) is 0 Å². The van der Waals surface area contributed by atoms with Crippen molar-refractivity contribution in [3.8, 4) is 0 Å². The fourth-order valence-corrected chi connectivity index (χ4v) is 1.64. The lowest BCUT2D eigenvalue weighted by molar-refractivity contribution is -0.209. The molecule has 0 aliphatic carbocycles. The molecule has 0 amide bonds. The Hall–Kier alpha value is -1.88. The third kappa shape index (κ3) is 2.51. The molecular formula is C13H15NO4. The number of ketones is 1. The van der Waals surface area contributed by atoms with Crippen molar-refractivity contribution in [3.63, 3.8) is 0 Å². The van der Waals surface area contributed by atoms with Crippen LogP contribution in [0.15, 0.2) is 35.5 Å². The van der Waals surface area contributed by atoms with Gasteiger partial charge in [-0.05, 0) is 24.2 Å². The van der Waals surface area contributed by atoms with Gasteiger partial charge in [0.1, 0.15) is 11.9 Å². The molecule has 0 bridgehead atoms. The van der Waals surface area contributed by atoms with Gasteiger partial charge in [0.2, 0.25) is 0 Å². The fraction of sp³-hybridized carbons (Fsp3) is 0.385. The number of benzene rings is 1. The van der Waals surface area contributed by atoms with Crippen LogP contribution in [0.1, 0.15) is 25.8 Å². The second-order valence-electron chi connectivity index (χ2n) is 4.39. The number of carbonyl (C=O) groups excluding carboxylic acids is 1. The summed E-state index contributed by atoms with van der Waals surface area (Å²) in [4.78, 5) is 16.1. The van der Waals surface area contributed by atoms with E-state index in [2.05, 4.69) is 5.16 Å². The van der Waals surface area contributed by atoms with Crippen molar-refractivity contribution in [2.45, 2.75) is 32.2 Å². The molecule has 1 heterocycles. The van der Waals surface area contributed by atoms with Gasteiger partial charge >= 0.3 is 0 Å². The van der Waals surface area contributed by atoms with Gasteiger partial charge in [-0.25, -0.2) is 0 Å². The van der Waals surface area contributed by atoms with Gasteiger partial charge in [-0.3, -0.25) is 4.79 Å². The summed E-state index contributed by atoms with van der Waals surface area (Å²) in [7, 11) is 0. The molecule has 96 valence electrons. The number of carbonyl (C=O) groups is 1. The van der Waals surface area contributed by atoms with Gasteiger partial charge in [-0.1, -0.05) is 18.2 Å². The van der Waals surface area contributed by atoms with E-state index >= 15 is 0 Å². The molecule has 0 saturated heterocycles. The van der Waals surface area contributed by atoms with Crippen LogP contribution >= 0.6 is 0 Å². The molecule has 1 aromatic rings. The Morgan fingerprint density at radius 1 is 1.44 bits per heavy atom. The van der Waals surface area contributed by atoms with Gasteiger partial charge in [0.15, 0.2) is 0 Å². The monoisotopic (exact) mass is 249 g/mol. The van der Waals surface area contributed by atoms with E-state index in [9.17, 15) is 9.90 Å². The van der Waals surface area contributed by atoms with Crippen molar-refractivity contribution in [2.24, 2.45) is 5.16 Å². The smallest absolute Gasteiger partial charge is 0.300 e. The average molecular weight is 249 g/mol. The number of rotatable bonds is 4. The van der Waals surface area contributed by atoms with Crippen LogP contribution in [0.25, 0.3) is 0 Å². The van der Waals surface area contributed by atoms with Gasteiger partial charge in [-0.2, -0.15) is 0 Å². The molecule has 5 heteroatoms. The fourth-order valence-electron chi connectivity index (χ4n) is 1.64. The second-order valence-corrected chi connectivity index (χ2v) is 4.39. The van der Waals surface area contributed by atoms with E-state index < -0.39 is 11.9 Å². The van der Waals surface area contributed by atoms with Crippen LogP contribution in [-0.2, 0) is 14.4 Å². The maximum Gasteiger partial charge on any atom is 0.300 e. The van der Waals surface area contributed by atoms with Gasteiger partial charge in [0.05, 0.1) is 0 Å². The minimum absolute atomic E-state index is 0.0336. The van der Waals surface area contributed by atoms with E-state index in [4.69, 9.17) is 9.57 Å². The number of hydrogen-bond acceptors (Lipinski definition) is 5. The Bertz CT molecular complexity index is 471. The van der Waals surface area contributed by atoms with Gasteiger partial charge in [-0.15, -0.1) is 0 Å². The Balaban J connectivity index is 2.08. The molecule has 1 aliphatic rings.